The van der Waals surface area contributed by atoms with Crippen molar-refractivity contribution >= 4 is 34.1 Å². The number of nitrogens with zero attached hydrogens (tertiary/aromatic N) is 2. The lowest BCUT2D eigenvalue weighted by atomic mass is 10.1. The highest BCUT2D eigenvalue weighted by atomic mass is 79.9. The number of hydrazone groups is 1. The first-order chi connectivity index (χ1) is 16.5. The molecule has 1 aromatic heterocycles. The summed E-state index contributed by atoms with van der Waals surface area (Å²) in [5, 5.41) is 6.58. The largest absolute Gasteiger partial charge is 0.480 e. The summed E-state index contributed by atoms with van der Waals surface area (Å²) in [7, 11) is 0. The zero-order valence-corrected chi connectivity index (χ0v) is 19.6. The van der Waals surface area contributed by atoms with Gasteiger partial charge >= 0.3 is 6.09 Å². The molecule has 2 amide bonds. The first-order valence-corrected chi connectivity index (χ1v) is 11.0. The van der Waals surface area contributed by atoms with Crippen molar-refractivity contribution in [3.05, 3.63) is 82.3 Å². The van der Waals surface area contributed by atoms with Crippen LogP contribution in [0.3, 0.4) is 0 Å². The van der Waals surface area contributed by atoms with Gasteiger partial charge in [-0.1, -0.05) is 52.2 Å². The van der Waals surface area contributed by atoms with Gasteiger partial charge in [0, 0.05) is 28.3 Å². The van der Waals surface area contributed by atoms with Gasteiger partial charge in [0.25, 0.3) is 5.91 Å². The second kappa shape index (κ2) is 12.8. The topological polar surface area (TPSA) is 118 Å². The van der Waals surface area contributed by atoms with Crippen molar-refractivity contribution in [2.75, 3.05) is 6.61 Å². The van der Waals surface area contributed by atoms with Crippen molar-refractivity contribution in [3.63, 3.8) is 0 Å². The minimum absolute atomic E-state index is 0.0759. The molecule has 0 bridgehead atoms. The van der Waals surface area contributed by atoms with Crippen LogP contribution >= 0.6 is 15.9 Å². The predicted octanol–water partition coefficient (Wildman–Crippen LogP) is 3.17. The molecule has 0 saturated carbocycles. The van der Waals surface area contributed by atoms with Crippen LogP contribution in [-0.2, 0) is 22.6 Å². The molecule has 0 fully saturated rings. The van der Waals surface area contributed by atoms with E-state index in [9.17, 15) is 9.59 Å². The number of carbonyl (C=O) groups excluding carboxylic acids is 2. The van der Waals surface area contributed by atoms with Crippen molar-refractivity contribution in [2.24, 2.45) is 5.10 Å². The number of benzene rings is 2. The van der Waals surface area contributed by atoms with Gasteiger partial charge in [-0.2, -0.15) is 5.10 Å². The van der Waals surface area contributed by atoms with Gasteiger partial charge in [-0.15, -0.1) is 6.42 Å². The highest BCUT2D eigenvalue weighted by molar-refractivity contribution is 9.10. The van der Waals surface area contributed by atoms with E-state index in [1.54, 1.807) is 24.4 Å². The zero-order valence-electron chi connectivity index (χ0n) is 18.0. The number of carbonyl (C=O) groups is 2. The molecule has 2 aromatic carbocycles. The lowest BCUT2D eigenvalue weighted by Crippen LogP contribution is -2.47. The molecule has 0 aliphatic carbocycles. The number of rotatable bonds is 10. The monoisotopic (exact) mass is 523 g/mol. The van der Waals surface area contributed by atoms with Crippen LogP contribution in [0.15, 0.2) is 70.6 Å². The van der Waals surface area contributed by atoms with Crippen molar-refractivity contribution in [1.82, 2.24) is 20.7 Å². The molecule has 9 nitrogen and oxygen atoms in total. The number of hydrogen-bond acceptors (Lipinski definition) is 6. The SMILES string of the molecule is C#CCOc1ccc(Br)cc1/C=N\NC(=O)[C@H](Cc1cnc[nH]1)NC(=O)OCc1ccccc1. The number of nitrogens with one attached hydrogen (secondary N) is 3. The number of aromatic amines is 1. The van der Waals surface area contributed by atoms with E-state index in [2.05, 4.69) is 47.7 Å². The quantitative estimate of drug-likeness (QED) is 0.214. The van der Waals surface area contributed by atoms with Crippen molar-refractivity contribution < 1.29 is 19.1 Å². The summed E-state index contributed by atoms with van der Waals surface area (Å²) in [4.78, 5) is 32.0. The molecule has 0 aliphatic rings. The maximum atomic E-state index is 12.8. The highest BCUT2D eigenvalue weighted by Gasteiger charge is 2.22. The first-order valence-electron chi connectivity index (χ1n) is 10.2. The molecule has 174 valence electrons. The van der Waals surface area contributed by atoms with Gasteiger partial charge in [0.05, 0.1) is 12.5 Å². The summed E-state index contributed by atoms with van der Waals surface area (Å²) < 4.78 is 11.5. The van der Waals surface area contributed by atoms with Gasteiger partial charge in [0.2, 0.25) is 0 Å². The van der Waals surface area contributed by atoms with Gasteiger partial charge < -0.3 is 19.8 Å². The van der Waals surface area contributed by atoms with Crippen LogP contribution in [0.1, 0.15) is 16.8 Å². The standard InChI is InChI=1S/C24H22BrN5O4/c1-2-10-33-22-9-8-19(25)11-18(22)13-28-30-23(31)21(12-20-14-26-16-27-20)29-24(32)34-15-17-6-4-3-5-7-17/h1,3-9,11,13-14,16,21H,10,12,15H2,(H,26,27)(H,29,32)(H,30,31)/b28-13-/t21-/m0/s1. The predicted molar refractivity (Wildman–Crippen MR) is 130 cm³/mol. The fourth-order valence-electron chi connectivity index (χ4n) is 2.85. The third kappa shape index (κ3) is 7.79. The second-order valence-electron chi connectivity index (χ2n) is 6.95. The van der Waals surface area contributed by atoms with Crippen LogP contribution in [0.25, 0.3) is 0 Å². The molecule has 0 radical (unpaired) electrons. The second-order valence-corrected chi connectivity index (χ2v) is 7.86. The van der Waals surface area contributed by atoms with Gasteiger partial charge in [0.1, 0.15) is 25.0 Å². The van der Waals surface area contributed by atoms with Crippen LogP contribution in [0.4, 0.5) is 4.79 Å². The Morgan fingerprint density at radius 2 is 2.09 bits per heavy atom. The van der Waals surface area contributed by atoms with Crippen molar-refractivity contribution in [3.8, 4) is 18.1 Å². The van der Waals surface area contributed by atoms with E-state index in [0.29, 0.717) is 17.0 Å². The molecule has 0 saturated heterocycles. The lowest BCUT2D eigenvalue weighted by molar-refractivity contribution is -0.123. The molecular formula is C24H22BrN5O4. The molecule has 10 heteroatoms. The lowest BCUT2D eigenvalue weighted by Gasteiger charge is -2.16. The maximum Gasteiger partial charge on any atom is 0.408 e. The average molecular weight is 524 g/mol. The Labute approximate surface area is 205 Å². The number of hydrogen-bond donors (Lipinski definition) is 3. The number of terminal acetylenes is 1. The van der Waals surface area contributed by atoms with Crippen LogP contribution in [0.2, 0.25) is 0 Å². The molecule has 3 N–H and O–H groups in total. The Morgan fingerprint density at radius 3 is 2.82 bits per heavy atom. The van der Waals surface area contributed by atoms with E-state index in [-0.39, 0.29) is 19.6 Å². The van der Waals surface area contributed by atoms with E-state index in [0.717, 1.165) is 10.0 Å². The van der Waals surface area contributed by atoms with E-state index < -0.39 is 18.0 Å². The van der Waals surface area contributed by atoms with Crippen molar-refractivity contribution in [2.45, 2.75) is 19.1 Å². The third-order valence-corrected chi connectivity index (χ3v) is 4.95. The number of imidazole rings is 1. The third-order valence-electron chi connectivity index (χ3n) is 4.46. The first kappa shape index (κ1) is 24.5. The van der Waals surface area contributed by atoms with Gasteiger partial charge in [-0.3, -0.25) is 4.79 Å². The maximum absolute atomic E-state index is 12.8. The van der Waals surface area contributed by atoms with Crippen molar-refractivity contribution in [1.29, 1.82) is 0 Å². The fourth-order valence-corrected chi connectivity index (χ4v) is 3.23. The van der Waals surface area contributed by atoms with Gasteiger partial charge in [0.15, 0.2) is 0 Å². The van der Waals surface area contributed by atoms with E-state index in [1.807, 2.05) is 30.3 Å². The summed E-state index contributed by atoms with van der Waals surface area (Å²) >= 11 is 3.38. The molecule has 1 heterocycles. The summed E-state index contributed by atoms with van der Waals surface area (Å²) in [5.41, 5.74) is 4.53. The van der Waals surface area contributed by atoms with E-state index in [1.165, 1.54) is 12.5 Å². The summed E-state index contributed by atoms with van der Waals surface area (Å²) in [6.07, 6.45) is 9.16. The normalized spacial score (nSPS) is 11.4. The minimum Gasteiger partial charge on any atom is -0.480 e. The number of amides is 2. The Balaban J connectivity index is 1.64. The summed E-state index contributed by atoms with van der Waals surface area (Å²) in [5.74, 6) is 2.37. The molecule has 0 spiro atoms. The minimum atomic E-state index is -0.958. The van der Waals surface area contributed by atoms with E-state index >= 15 is 0 Å². The van der Waals surface area contributed by atoms with Crippen LogP contribution in [0.5, 0.6) is 5.75 Å². The Kier molecular flexibility index (Phi) is 9.25. The fraction of sp³-hybridized carbons (Fsp3) is 0.167. The molecule has 0 aliphatic heterocycles. The average Bonchev–Trinajstić information content (AvgIpc) is 3.35. The van der Waals surface area contributed by atoms with Gasteiger partial charge in [-0.05, 0) is 23.8 Å². The summed E-state index contributed by atoms with van der Waals surface area (Å²) in [6.45, 7) is 0.169. The molecule has 3 rings (SSSR count). The van der Waals surface area contributed by atoms with Crippen LogP contribution in [0, 0.1) is 12.3 Å². The number of ether oxygens (including phenoxy) is 2. The molecule has 3 aromatic rings. The smallest absolute Gasteiger partial charge is 0.408 e. The highest BCUT2D eigenvalue weighted by Crippen LogP contribution is 2.21. The number of alkyl carbamates (subject to hydrolysis) is 1. The number of H-pyrrole nitrogens is 1. The van der Waals surface area contributed by atoms with Gasteiger partial charge in [-0.25, -0.2) is 15.2 Å². The number of aromatic nitrogens is 2. The molecule has 0 unspecified atom stereocenters. The Morgan fingerprint density at radius 1 is 1.26 bits per heavy atom. The molecule has 34 heavy (non-hydrogen) atoms. The van der Waals surface area contributed by atoms with Crippen LogP contribution < -0.4 is 15.5 Å². The van der Waals surface area contributed by atoms with E-state index in [4.69, 9.17) is 15.9 Å². The summed E-state index contributed by atoms with van der Waals surface area (Å²) in [6, 6.07) is 13.6. The molecule has 1 atom stereocenters. The molecular weight excluding hydrogens is 502 g/mol. The Bertz CT molecular complexity index is 1160. The number of halogens is 1. The Hall–Kier alpha value is -4.10. The van der Waals surface area contributed by atoms with Crippen LogP contribution in [-0.4, -0.2) is 40.8 Å². The zero-order chi connectivity index (χ0) is 24.2.